The summed E-state index contributed by atoms with van der Waals surface area (Å²) in [5, 5.41) is 9.08. The van der Waals surface area contributed by atoms with Gasteiger partial charge < -0.3 is 14.7 Å². The second-order valence-electron chi connectivity index (χ2n) is 4.31. The van der Waals surface area contributed by atoms with Gasteiger partial charge in [0.15, 0.2) is 0 Å². The molecule has 16 heavy (non-hydrogen) atoms. The van der Waals surface area contributed by atoms with Crippen LogP contribution in [0.15, 0.2) is 0 Å². The fraction of sp³-hybridized carbons (Fsp3) is 0.818. The van der Waals surface area contributed by atoms with Crippen LogP contribution in [0.3, 0.4) is 0 Å². The maximum absolute atomic E-state index is 11.8. The fourth-order valence-electron chi connectivity index (χ4n) is 2.01. The second kappa shape index (κ2) is 5.84. The van der Waals surface area contributed by atoms with Gasteiger partial charge in [0.1, 0.15) is 6.04 Å². The van der Waals surface area contributed by atoms with Crippen molar-refractivity contribution in [3.63, 3.8) is 0 Å². The van der Waals surface area contributed by atoms with E-state index < -0.39 is 12.0 Å². The number of nitrogens with zero attached hydrogens (tertiary/aromatic N) is 1. The Kier molecular flexibility index (Phi) is 4.73. The van der Waals surface area contributed by atoms with Gasteiger partial charge in [-0.25, -0.2) is 4.79 Å². The predicted octanol–water partition coefficient (Wildman–Crippen LogP) is 0.735. The zero-order valence-corrected chi connectivity index (χ0v) is 9.81. The molecule has 0 saturated carbocycles. The van der Waals surface area contributed by atoms with Gasteiger partial charge in [-0.1, -0.05) is 6.92 Å². The predicted molar refractivity (Wildman–Crippen MR) is 58.0 cm³/mol. The Morgan fingerprint density at radius 2 is 2.19 bits per heavy atom. The van der Waals surface area contributed by atoms with E-state index in [0.29, 0.717) is 25.5 Å². The summed E-state index contributed by atoms with van der Waals surface area (Å²) in [6, 6.07) is -0.659. The molecule has 0 spiro atoms. The zero-order chi connectivity index (χ0) is 12.1. The first-order valence-corrected chi connectivity index (χ1v) is 5.57. The van der Waals surface area contributed by atoms with E-state index in [0.717, 1.165) is 6.42 Å². The smallest absolute Gasteiger partial charge is 0.326 e. The first-order valence-electron chi connectivity index (χ1n) is 5.57. The number of hydrogen-bond acceptors (Lipinski definition) is 3. The average Bonchev–Trinajstić information content (AvgIpc) is 2.25. The minimum Gasteiger partial charge on any atom is -0.480 e. The molecule has 2 atom stereocenters. The number of carboxylic acids is 1. The molecule has 1 N–H and O–H groups in total. The van der Waals surface area contributed by atoms with E-state index in [1.54, 1.807) is 0 Å². The van der Waals surface area contributed by atoms with E-state index in [4.69, 9.17) is 9.84 Å². The SMILES string of the molecule is COCCC(=O)N1CCC(C)CC1C(=O)O. The number of carbonyl (C=O) groups is 2. The van der Waals surface area contributed by atoms with Gasteiger partial charge in [-0.3, -0.25) is 4.79 Å². The summed E-state index contributed by atoms with van der Waals surface area (Å²) in [5.74, 6) is -0.661. The Morgan fingerprint density at radius 3 is 2.75 bits per heavy atom. The van der Waals surface area contributed by atoms with Crippen LogP contribution in [0.2, 0.25) is 0 Å². The minimum absolute atomic E-state index is 0.124. The Labute approximate surface area is 95.4 Å². The summed E-state index contributed by atoms with van der Waals surface area (Å²) in [4.78, 5) is 24.3. The fourth-order valence-corrected chi connectivity index (χ4v) is 2.01. The highest BCUT2D eigenvalue weighted by atomic mass is 16.5. The van der Waals surface area contributed by atoms with Gasteiger partial charge in [0.2, 0.25) is 5.91 Å². The van der Waals surface area contributed by atoms with Crippen LogP contribution in [0.1, 0.15) is 26.2 Å². The normalized spacial score (nSPS) is 25.5. The molecule has 0 aromatic heterocycles. The van der Waals surface area contributed by atoms with Crippen LogP contribution in [0.5, 0.6) is 0 Å². The first-order chi connectivity index (χ1) is 7.56. The maximum atomic E-state index is 11.8. The van der Waals surface area contributed by atoms with Crippen LogP contribution in [-0.2, 0) is 14.3 Å². The summed E-state index contributed by atoms with van der Waals surface area (Å²) in [6.07, 6.45) is 1.69. The van der Waals surface area contributed by atoms with Crippen LogP contribution < -0.4 is 0 Å². The maximum Gasteiger partial charge on any atom is 0.326 e. The molecule has 92 valence electrons. The standard InChI is InChI=1S/C11H19NO4/c1-8-3-5-12(9(7-8)11(14)15)10(13)4-6-16-2/h8-9H,3-7H2,1-2H3,(H,14,15). The van der Waals surface area contributed by atoms with Crippen LogP contribution in [0.4, 0.5) is 0 Å². The van der Waals surface area contributed by atoms with Gasteiger partial charge in [0.25, 0.3) is 0 Å². The average molecular weight is 229 g/mol. The monoisotopic (exact) mass is 229 g/mol. The summed E-state index contributed by atoms with van der Waals surface area (Å²) in [6.45, 7) is 2.91. The summed E-state index contributed by atoms with van der Waals surface area (Å²) in [5.41, 5.74) is 0. The molecule has 0 bridgehead atoms. The molecule has 1 rings (SSSR count). The lowest BCUT2D eigenvalue weighted by molar-refractivity contribution is -0.153. The number of carboxylic acid groups (broad SMARTS) is 1. The van der Waals surface area contributed by atoms with Crippen molar-refractivity contribution in [1.29, 1.82) is 0 Å². The lowest BCUT2D eigenvalue weighted by atomic mass is 9.92. The molecule has 5 heteroatoms. The number of ether oxygens (including phenoxy) is 1. The lowest BCUT2D eigenvalue weighted by Crippen LogP contribution is -2.49. The van der Waals surface area contributed by atoms with Crippen molar-refractivity contribution in [2.75, 3.05) is 20.3 Å². The van der Waals surface area contributed by atoms with Crippen molar-refractivity contribution in [2.24, 2.45) is 5.92 Å². The van der Waals surface area contributed by atoms with Crippen molar-refractivity contribution >= 4 is 11.9 Å². The summed E-state index contributed by atoms with van der Waals surface area (Å²) >= 11 is 0. The van der Waals surface area contributed by atoms with Crippen LogP contribution in [-0.4, -0.2) is 48.2 Å². The third-order valence-corrected chi connectivity index (χ3v) is 2.99. The van der Waals surface area contributed by atoms with E-state index in [9.17, 15) is 9.59 Å². The highest BCUT2D eigenvalue weighted by Crippen LogP contribution is 2.23. The van der Waals surface area contributed by atoms with Gasteiger partial charge in [0, 0.05) is 13.7 Å². The third kappa shape index (κ3) is 3.20. The molecule has 1 aliphatic rings. The Hall–Kier alpha value is -1.10. The highest BCUT2D eigenvalue weighted by Gasteiger charge is 2.34. The van der Waals surface area contributed by atoms with E-state index >= 15 is 0 Å². The largest absolute Gasteiger partial charge is 0.480 e. The van der Waals surface area contributed by atoms with Crippen LogP contribution >= 0.6 is 0 Å². The number of rotatable bonds is 4. The lowest BCUT2D eigenvalue weighted by Gasteiger charge is -2.36. The van der Waals surface area contributed by atoms with Crippen molar-refractivity contribution in [3.05, 3.63) is 0 Å². The third-order valence-electron chi connectivity index (χ3n) is 2.99. The van der Waals surface area contributed by atoms with Crippen LogP contribution in [0.25, 0.3) is 0 Å². The molecule has 1 aliphatic heterocycles. The number of hydrogen-bond donors (Lipinski definition) is 1. The number of likely N-dealkylation sites (tertiary alicyclic amines) is 1. The first kappa shape index (κ1) is 13.0. The van der Waals surface area contributed by atoms with Crippen molar-refractivity contribution < 1.29 is 19.4 Å². The van der Waals surface area contributed by atoms with Gasteiger partial charge in [0.05, 0.1) is 13.0 Å². The van der Waals surface area contributed by atoms with E-state index in [1.807, 2.05) is 6.92 Å². The van der Waals surface area contributed by atoms with Gasteiger partial charge in [-0.15, -0.1) is 0 Å². The number of aliphatic carboxylic acids is 1. The molecular formula is C11H19NO4. The molecule has 2 unspecified atom stereocenters. The van der Waals surface area contributed by atoms with Crippen molar-refractivity contribution in [3.8, 4) is 0 Å². The van der Waals surface area contributed by atoms with Crippen molar-refractivity contribution in [2.45, 2.75) is 32.2 Å². The number of methoxy groups -OCH3 is 1. The molecule has 0 aromatic rings. The number of piperidine rings is 1. The van der Waals surface area contributed by atoms with Crippen molar-refractivity contribution in [1.82, 2.24) is 4.90 Å². The van der Waals surface area contributed by atoms with Gasteiger partial charge in [-0.05, 0) is 18.8 Å². The molecule has 1 fully saturated rings. The minimum atomic E-state index is -0.905. The molecule has 0 aromatic carbocycles. The molecule has 5 nitrogen and oxygen atoms in total. The highest BCUT2D eigenvalue weighted by molar-refractivity contribution is 5.83. The summed E-state index contributed by atoms with van der Waals surface area (Å²) < 4.78 is 4.83. The molecule has 0 aliphatic carbocycles. The Balaban J connectivity index is 2.61. The molecular weight excluding hydrogens is 210 g/mol. The molecule has 0 radical (unpaired) electrons. The Bertz CT molecular complexity index is 267. The van der Waals surface area contributed by atoms with E-state index in [2.05, 4.69) is 0 Å². The Morgan fingerprint density at radius 1 is 1.50 bits per heavy atom. The van der Waals surface area contributed by atoms with Gasteiger partial charge >= 0.3 is 5.97 Å². The van der Waals surface area contributed by atoms with Gasteiger partial charge in [-0.2, -0.15) is 0 Å². The molecule has 1 saturated heterocycles. The van der Waals surface area contributed by atoms with Crippen LogP contribution in [0, 0.1) is 5.92 Å². The number of amides is 1. The zero-order valence-electron chi connectivity index (χ0n) is 9.81. The quantitative estimate of drug-likeness (QED) is 0.772. The molecule has 1 heterocycles. The summed E-state index contributed by atoms with van der Waals surface area (Å²) in [7, 11) is 1.53. The topological polar surface area (TPSA) is 66.8 Å². The van der Waals surface area contributed by atoms with E-state index in [1.165, 1.54) is 12.0 Å². The molecule has 1 amide bonds. The van der Waals surface area contributed by atoms with E-state index in [-0.39, 0.29) is 12.3 Å². The number of carbonyl (C=O) groups excluding carboxylic acids is 1. The second-order valence-corrected chi connectivity index (χ2v) is 4.31.